The second kappa shape index (κ2) is 9.74. The molecule has 1 aliphatic rings. The number of furan rings is 1. The Morgan fingerprint density at radius 1 is 1.14 bits per heavy atom. The van der Waals surface area contributed by atoms with Crippen molar-refractivity contribution in [1.29, 1.82) is 0 Å². The van der Waals surface area contributed by atoms with Crippen LogP contribution in [0.5, 0.6) is 0 Å². The summed E-state index contributed by atoms with van der Waals surface area (Å²) >= 11 is 0. The summed E-state index contributed by atoms with van der Waals surface area (Å²) in [5.74, 6) is 0. The first kappa shape index (κ1) is 24.8. The van der Waals surface area contributed by atoms with Gasteiger partial charge in [0.05, 0.1) is 19.0 Å². The van der Waals surface area contributed by atoms with Crippen molar-refractivity contribution in [1.82, 2.24) is 9.55 Å². The van der Waals surface area contributed by atoms with Crippen molar-refractivity contribution < 1.29 is 37.6 Å². The Labute approximate surface area is 195 Å². The first-order valence-electron chi connectivity index (χ1n) is 10.3. The van der Waals surface area contributed by atoms with Crippen LogP contribution in [0.15, 0.2) is 66.0 Å². The van der Waals surface area contributed by atoms with E-state index < -0.39 is 44.1 Å². The molecule has 3 atom stereocenters. The molecule has 1 fully saturated rings. The van der Waals surface area contributed by atoms with E-state index in [9.17, 15) is 24.1 Å². The monoisotopic (exact) mass is 508 g/mol. The van der Waals surface area contributed by atoms with Crippen molar-refractivity contribution in [2.75, 3.05) is 6.61 Å². The molecule has 35 heavy (non-hydrogen) atoms. The predicted molar refractivity (Wildman–Crippen MR) is 121 cm³/mol. The van der Waals surface area contributed by atoms with Gasteiger partial charge in [-0.25, -0.2) is 14.2 Å². The summed E-state index contributed by atoms with van der Waals surface area (Å²) in [6.07, 6.45) is 0.0448. The first-order valence-corrected chi connectivity index (χ1v) is 11.8. The maximum absolute atomic E-state index is 11.7. The molecule has 1 aliphatic heterocycles. The first-order chi connectivity index (χ1) is 16.5. The quantitative estimate of drug-likeness (QED) is 0.228. The zero-order chi connectivity index (χ0) is 25.3. The standard InChI is InChI=1S/C11H6O3.C10H15N2O8P/c12-11-2-1-7-5-8-3-4-13-9(8)6-10(7)14-11;1-5-3-12(10(15)11-9(5)14)8-2-6(13)7(20-8)4-19-21(16,17)18/h1-6H;3,6-8,13H,2,4H2,1H3,(H,11,14,15)(H2,16,17,18)/t;6-,7+,8+/m.0/s1. The summed E-state index contributed by atoms with van der Waals surface area (Å²) in [6.45, 7) is 0.994. The highest BCUT2D eigenvalue weighted by atomic mass is 31.2. The van der Waals surface area contributed by atoms with Crippen LogP contribution in [0.2, 0.25) is 0 Å². The van der Waals surface area contributed by atoms with E-state index >= 15 is 0 Å². The topological polar surface area (TPSA) is 194 Å². The lowest BCUT2D eigenvalue weighted by Gasteiger charge is -2.16. The second-order valence-electron chi connectivity index (χ2n) is 7.80. The van der Waals surface area contributed by atoms with Crippen molar-refractivity contribution in [3.63, 3.8) is 0 Å². The number of fused-ring (bicyclic) bond motifs is 2. The lowest BCUT2D eigenvalue weighted by molar-refractivity contribution is -0.0451. The number of phosphoric ester groups is 1. The maximum Gasteiger partial charge on any atom is 0.469 e. The van der Waals surface area contributed by atoms with Gasteiger partial charge in [0.1, 0.15) is 23.5 Å². The van der Waals surface area contributed by atoms with Crippen molar-refractivity contribution in [2.45, 2.75) is 31.8 Å². The fraction of sp³-hybridized carbons (Fsp3) is 0.286. The SMILES string of the molecule is Cc1cn([C@H]2C[C@H](O)[C@@H](COP(=O)(O)O)O2)c(=O)[nH]c1=O.O=c1ccc2cc3ccoc3cc2o1. The molecule has 4 heterocycles. The maximum atomic E-state index is 11.7. The highest BCUT2D eigenvalue weighted by molar-refractivity contribution is 7.46. The lowest BCUT2D eigenvalue weighted by Crippen LogP contribution is -2.33. The molecule has 13 nitrogen and oxygen atoms in total. The summed E-state index contributed by atoms with van der Waals surface area (Å²) in [4.78, 5) is 53.3. The molecule has 1 saturated heterocycles. The van der Waals surface area contributed by atoms with E-state index in [2.05, 4.69) is 9.51 Å². The smallest absolute Gasteiger partial charge is 0.464 e. The molecule has 186 valence electrons. The molecular weight excluding hydrogens is 487 g/mol. The number of hydrogen-bond donors (Lipinski definition) is 4. The van der Waals surface area contributed by atoms with Crippen LogP contribution in [0.3, 0.4) is 0 Å². The number of nitrogens with zero attached hydrogens (tertiary/aromatic N) is 1. The molecule has 14 heteroatoms. The zero-order valence-electron chi connectivity index (χ0n) is 18.2. The molecule has 0 unspecified atom stereocenters. The molecule has 5 rings (SSSR count). The minimum Gasteiger partial charge on any atom is -0.464 e. The van der Waals surface area contributed by atoms with Crippen molar-refractivity contribution >= 4 is 29.8 Å². The Bertz CT molecular complexity index is 1580. The van der Waals surface area contributed by atoms with Gasteiger partial charge in [-0.05, 0) is 25.1 Å². The van der Waals surface area contributed by atoms with Gasteiger partial charge < -0.3 is 28.5 Å². The molecule has 1 aromatic carbocycles. The van der Waals surface area contributed by atoms with Gasteiger partial charge in [-0.3, -0.25) is 18.9 Å². The molecular formula is C21H21N2O11P. The molecule has 4 aromatic rings. The molecule has 0 spiro atoms. The van der Waals surface area contributed by atoms with Gasteiger partial charge in [-0.1, -0.05) is 0 Å². The fourth-order valence-electron chi connectivity index (χ4n) is 3.53. The third kappa shape index (κ3) is 5.85. The number of aliphatic hydroxyl groups is 1. The third-order valence-electron chi connectivity index (χ3n) is 5.26. The van der Waals surface area contributed by atoms with E-state index in [-0.39, 0.29) is 12.0 Å². The van der Waals surface area contributed by atoms with E-state index in [1.807, 2.05) is 12.1 Å². The van der Waals surface area contributed by atoms with Crippen molar-refractivity contribution in [2.24, 2.45) is 0 Å². The Kier molecular flexibility index (Phi) is 6.90. The average molecular weight is 508 g/mol. The molecule has 0 aliphatic carbocycles. The Balaban J connectivity index is 0.000000177. The molecule has 0 radical (unpaired) electrons. The number of benzene rings is 1. The fourth-order valence-corrected chi connectivity index (χ4v) is 3.87. The summed E-state index contributed by atoms with van der Waals surface area (Å²) < 4.78 is 31.6. The summed E-state index contributed by atoms with van der Waals surface area (Å²) in [5.41, 5.74) is 0.0216. The number of hydrogen-bond acceptors (Lipinski definition) is 9. The minimum absolute atomic E-state index is 0.0283. The van der Waals surface area contributed by atoms with Crippen LogP contribution < -0.4 is 16.9 Å². The third-order valence-corrected chi connectivity index (χ3v) is 5.75. The molecule has 3 aromatic heterocycles. The molecule has 4 N–H and O–H groups in total. The number of aliphatic hydroxyl groups excluding tert-OH is 1. The van der Waals surface area contributed by atoms with Crippen molar-refractivity contribution in [3.8, 4) is 0 Å². The normalized spacial score (nSPS) is 20.2. The van der Waals surface area contributed by atoms with Gasteiger partial charge in [0, 0.05) is 41.1 Å². The second-order valence-corrected chi connectivity index (χ2v) is 9.04. The number of H-pyrrole nitrogens is 1. The summed E-state index contributed by atoms with van der Waals surface area (Å²) in [6, 6.07) is 8.69. The number of nitrogens with one attached hydrogen (secondary N) is 1. The highest BCUT2D eigenvalue weighted by Crippen LogP contribution is 2.38. The van der Waals surface area contributed by atoms with E-state index in [0.29, 0.717) is 11.1 Å². The summed E-state index contributed by atoms with van der Waals surface area (Å²) in [7, 11) is -4.67. The van der Waals surface area contributed by atoms with Gasteiger partial charge in [-0.15, -0.1) is 0 Å². The number of ether oxygens (including phenoxy) is 1. The predicted octanol–water partition coefficient (Wildman–Crippen LogP) is 1.14. The van der Waals surface area contributed by atoms with Gasteiger partial charge >= 0.3 is 19.1 Å². The van der Waals surface area contributed by atoms with Crippen LogP contribution in [0.1, 0.15) is 18.2 Å². The number of rotatable bonds is 4. The highest BCUT2D eigenvalue weighted by Gasteiger charge is 2.37. The van der Waals surface area contributed by atoms with E-state index in [0.717, 1.165) is 20.9 Å². The van der Waals surface area contributed by atoms with E-state index in [4.69, 9.17) is 23.4 Å². The number of aromatic amines is 1. The van der Waals surface area contributed by atoms with Crippen LogP contribution in [-0.2, 0) is 13.8 Å². The number of aromatic nitrogens is 2. The minimum atomic E-state index is -4.67. The summed E-state index contributed by atoms with van der Waals surface area (Å²) in [5, 5.41) is 11.7. The lowest BCUT2D eigenvalue weighted by atomic mass is 10.2. The Hall–Kier alpha value is -3.32. The van der Waals surface area contributed by atoms with Gasteiger partial charge in [0.15, 0.2) is 0 Å². The van der Waals surface area contributed by atoms with Crippen LogP contribution in [0.25, 0.3) is 21.9 Å². The van der Waals surface area contributed by atoms with Crippen molar-refractivity contribution in [3.05, 3.63) is 79.6 Å². The van der Waals surface area contributed by atoms with Crippen LogP contribution in [-0.4, -0.2) is 43.3 Å². The number of aryl methyl sites for hydroxylation is 1. The Morgan fingerprint density at radius 2 is 1.89 bits per heavy atom. The Morgan fingerprint density at radius 3 is 2.63 bits per heavy atom. The van der Waals surface area contributed by atoms with Gasteiger partial charge in [0.25, 0.3) is 5.56 Å². The zero-order valence-corrected chi connectivity index (χ0v) is 19.1. The van der Waals surface area contributed by atoms with Crippen LogP contribution >= 0.6 is 7.82 Å². The van der Waals surface area contributed by atoms with E-state index in [1.165, 1.54) is 19.2 Å². The number of phosphoric acid groups is 1. The van der Waals surface area contributed by atoms with Gasteiger partial charge in [0.2, 0.25) is 0 Å². The van der Waals surface area contributed by atoms with E-state index in [1.54, 1.807) is 18.4 Å². The largest absolute Gasteiger partial charge is 0.469 e. The average Bonchev–Trinajstić information content (AvgIpc) is 3.38. The van der Waals surface area contributed by atoms with Gasteiger partial charge in [-0.2, -0.15) is 0 Å². The molecule has 0 saturated carbocycles. The van der Waals surface area contributed by atoms with Crippen LogP contribution in [0.4, 0.5) is 0 Å². The molecule has 0 bridgehead atoms. The molecule has 0 amide bonds. The van der Waals surface area contributed by atoms with Crippen LogP contribution in [0, 0.1) is 6.92 Å².